The predicted octanol–water partition coefficient (Wildman–Crippen LogP) is 24.0. The topological polar surface area (TPSA) is 78.9 Å². The van der Waals surface area contributed by atoms with Crippen molar-refractivity contribution in [3.63, 3.8) is 0 Å². The molecule has 0 aliphatic heterocycles. The van der Waals surface area contributed by atoms with Crippen molar-refractivity contribution < 1.29 is 28.6 Å². The summed E-state index contributed by atoms with van der Waals surface area (Å²) in [4.78, 5) is 38.4. The van der Waals surface area contributed by atoms with Crippen molar-refractivity contribution >= 4 is 17.9 Å². The molecule has 1 atom stereocenters. The van der Waals surface area contributed by atoms with Crippen LogP contribution in [0.5, 0.6) is 0 Å². The molecule has 0 amide bonds. The van der Waals surface area contributed by atoms with E-state index in [9.17, 15) is 14.4 Å². The summed E-state index contributed by atoms with van der Waals surface area (Å²) in [5.41, 5.74) is 0. The molecule has 81 heavy (non-hydrogen) atoms. The van der Waals surface area contributed by atoms with E-state index in [1.54, 1.807) is 0 Å². The Morgan fingerprint density at radius 1 is 0.259 bits per heavy atom. The van der Waals surface area contributed by atoms with Crippen LogP contribution in [0.15, 0.2) is 97.2 Å². The molecule has 0 fully saturated rings. The maximum Gasteiger partial charge on any atom is 0.306 e. The highest BCUT2D eigenvalue weighted by molar-refractivity contribution is 5.71. The zero-order chi connectivity index (χ0) is 58.5. The summed E-state index contributed by atoms with van der Waals surface area (Å²) in [6.45, 7) is 6.51. The van der Waals surface area contributed by atoms with Gasteiger partial charge < -0.3 is 14.2 Å². The van der Waals surface area contributed by atoms with Crippen LogP contribution in [-0.4, -0.2) is 37.2 Å². The summed E-state index contributed by atoms with van der Waals surface area (Å²) in [7, 11) is 0. The molecule has 0 N–H and O–H groups in total. The molecule has 1 unspecified atom stereocenters. The van der Waals surface area contributed by atoms with Gasteiger partial charge in [-0.1, -0.05) is 317 Å². The summed E-state index contributed by atoms with van der Waals surface area (Å²) in [5, 5.41) is 0. The number of hydrogen-bond donors (Lipinski definition) is 0. The van der Waals surface area contributed by atoms with E-state index in [1.165, 1.54) is 186 Å². The minimum absolute atomic E-state index is 0.0913. The fourth-order valence-corrected chi connectivity index (χ4v) is 9.89. The van der Waals surface area contributed by atoms with Crippen LogP contribution in [0.25, 0.3) is 0 Å². The maximum absolute atomic E-state index is 12.9. The minimum Gasteiger partial charge on any atom is -0.462 e. The van der Waals surface area contributed by atoms with Crippen LogP contribution in [-0.2, 0) is 28.6 Å². The molecular weight excluding hydrogens is 997 g/mol. The van der Waals surface area contributed by atoms with Crippen molar-refractivity contribution in [2.24, 2.45) is 0 Å². The molecule has 6 heteroatoms. The van der Waals surface area contributed by atoms with Crippen LogP contribution in [0.2, 0.25) is 0 Å². The van der Waals surface area contributed by atoms with Crippen molar-refractivity contribution in [2.45, 2.75) is 348 Å². The monoisotopic (exact) mass is 1130 g/mol. The Morgan fingerprint density at radius 3 is 0.802 bits per heavy atom. The molecule has 0 aliphatic rings. The SMILES string of the molecule is CC/C=C\C/C=C\C/C=C\C/C=C\C/C=C\C/C=C\C/C=C\CCCCCC(=O)OC(COC(=O)CCCCCCC/C=C\CCCCC)COC(=O)CCCCCCCCCCCCCCCCCCCCCCCCCCCC. The van der Waals surface area contributed by atoms with Gasteiger partial charge in [-0.15, -0.1) is 0 Å². The largest absolute Gasteiger partial charge is 0.462 e. The molecule has 0 aromatic carbocycles. The van der Waals surface area contributed by atoms with Gasteiger partial charge >= 0.3 is 17.9 Å². The Balaban J connectivity index is 4.32. The third-order valence-electron chi connectivity index (χ3n) is 15.1. The first kappa shape index (κ1) is 77.3. The smallest absolute Gasteiger partial charge is 0.306 e. The van der Waals surface area contributed by atoms with E-state index < -0.39 is 6.10 Å². The fourth-order valence-electron chi connectivity index (χ4n) is 9.89. The van der Waals surface area contributed by atoms with E-state index in [-0.39, 0.29) is 37.5 Å². The van der Waals surface area contributed by atoms with Crippen molar-refractivity contribution in [2.75, 3.05) is 13.2 Å². The standard InChI is InChI=1S/C75H130O6/c1-4-7-10-13-16-19-22-25-27-29-31-33-35-37-39-40-42-44-46-48-50-53-56-59-62-65-68-74(77)80-71-72(70-79-73(76)67-64-61-58-55-52-24-21-18-15-12-9-6-3)81-75(78)69-66-63-60-57-54-51-49-47-45-43-41-38-36-34-32-30-28-26-23-20-17-14-11-8-5-2/h8,11,17-18,20-21,26,28,32,34,38,41,45,47,51,54,72H,4-7,9-10,12-16,19,22-25,27,29-31,33,35-37,39-40,42-44,46,48-50,52-53,55-71H2,1-3H3/b11-8-,20-17-,21-18-,28-26-,34-32-,41-38-,47-45-,54-51-. The summed E-state index contributed by atoms with van der Waals surface area (Å²) in [6, 6.07) is 0. The van der Waals surface area contributed by atoms with Crippen LogP contribution < -0.4 is 0 Å². The molecule has 6 nitrogen and oxygen atoms in total. The lowest BCUT2D eigenvalue weighted by Gasteiger charge is -2.18. The number of allylic oxidation sites excluding steroid dienone is 16. The lowest BCUT2D eigenvalue weighted by Crippen LogP contribution is -2.30. The number of rotatable bonds is 63. The number of carbonyl (C=O) groups is 3. The molecule has 0 rings (SSSR count). The third-order valence-corrected chi connectivity index (χ3v) is 15.1. The molecule has 0 radical (unpaired) electrons. The van der Waals surface area contributed by atoms with E-state index in [4.69, 9.17) is 14.2 Å². The van der Waals surface area contributed by atoms with Gasteiger partial charge in [-0.05, 0) is 103 Å². The Hall–Kier alpha value is -3.67. The number of esters is 3. The van der Waals surface area contributed by atoms with Gasteiger partial charge in [0.25, 0.3) is 0 Å². The molecule has 0 saturated carbocycles. The van der Waals surface area contributed by atoms with E-state index in [0.717, 1.165) is 116 Å². The van der Waals surface area contributed by atoms with Gasteiger partial charge in [0, 0.05) is 19.3 Å². The Labute approximate surface area is 502 Å². The number of carbonyl (C=O) groups excluding carboxylic acids is 3. The van der Waals surface area contributed by atoms with Crippen LogP contribution >= 0.6 is 0 Å². The van der Waals surface area contributed by atoms with Gasteiger partial charge in [0.05, 0.1) is 0 Å². The Bertz CT molecular complexity index is 1580. The summed E-state index contributed by atoms with van der Waals surface area (Å²) in [5.74, 6) is -0.920. The predicted molar refractivity (Wildman–Crippen MR) is 353 cm³/mol. The molecule has 0 bridgehead atoms. The van der Waals surface area contributed by atoms with Crippen molar-refractivity contribution in [1.29, 1.82) is 0 Å². The molecule has 0 aliphatic carbocycles. The summed E-state index contributed by atoms with van der Waals surface area (Å²) < 4.78 is 16.9. The van der Waals surface area contributed by atoms with E-state index >= 15 is 0 Å². The Kier molecular flexibility index (Phi) is 65.7. The second-order valence-corrected chi connectivity index (χ2v) is 23.1. The molecule has 466 valence electrons. The fraction of sp³-hybridized carbons (Fsp3) is 0.747. The first-order chi connectivity index (χ1) is 40.0. The Morgan fingerprint density at radius 2 is 0.481 bits per heavy atom. The first-order valence-electron chi connectivity index (χ1n) is 34.7. The second kappa shape index (κ2) is 68.8. The summed E-state index contributed by atoms with van der Waals surface area (Å²) in [6.07, 6.45) is 93.0. The van der Waals surface area contributed by atoms with Crippen LogP contribution in [0.3, 0.4) is 0 Å². The van der Waals surface area contributed by atoms with Gasteiger partial charge in [-0.3, -0.25) is 14.4 Å². The third kappa shape index (κ3) is 67.0. The first-order valence-corrected chi connectivity index (χ1v) is 34.7. The van der Waals surface area contributed by atoms with E-state index in [1.807, 2.05) is 0 Å². The van der Waals surface area contributed by atoms with E-state index in [2.05, 4.69) is 118 Å². The van der Waals surface area contributed by atoms with Gasteiger partial charge in [-0.25, -0.2) is 0 Å². The van der Waals surface area contributed by atoms with Gasteiger partial charge in [0.15, 0.2) is 6.10 Å². The number of ether oxygens (including phenoxy) is 3. The lowest BCUT2D eigenvalue weighted by molar-refractivity contribution is -0.167. The summed E-state index contributed by atoms with van der Waals surface area (Å²) >= 11 is 0. The van der Waals surface area contributed by atoms with Crippen molar-refractivity contribution in [3.8, 4) is 0 Å². The van der Waals surface area contributed by atoms with Gasteiger partial charge in [0.1, 0.15) is 13.2 Å². The number of unbranched alkanes of at least 4 members (excludes halogenated alkanes) is 36. The van der Waals surface area contributed by atoms with Crippen molar-refractivity contribution in [3.05, 3.63) is 97.2 Å². The molecule has 0 saturated heterocycles. The molecular formula is C75H130O6. The maximum atomic E-state index is 12.9. The molecule has 0 heterocycles. The van der Waals surface area contributed by atoms with Crippen LogP contribution in [0, 0.1) is 0 Å². The van der Waals surface area contributed by atoms with Crippen molar-refractivity contribution in [1.82, 2.24) is 0 Å². The highest BCUT2D eigenvalue weighted by Gasteiger charge is 2.19. The van der Waals surface area contributed by atoms with Crippen LogP contribution in [0.4, 0.5) is 0 Å². The average molecular weight is 1130 g/mol. The normalized spacial score (nSPS) is 12.7. The average Bonchev–Trinajstić information content (AvgIpc) is 3.47. The lowest BCUT2D eigenvalue weighted by atomic mass is 10.0. The number of hydrogen-bond acceptors (Lipinski definition) is 6. The molecule has 0 aromatic heterocycles. The molecule has 0 aromatic rings. The van der Waals surface area contributed by atoms with E-state index in [0.29, 0.717) is 12.8 Å². The quantitative estimate of drug-likeness (QED) is 0.0261. The zero-order valence-corrected chi connectivity index (χ0v) is 53.5. The van der Waals surface area contributed by atoms with Gasteiger partial charge in [-0.2, -0.15) is 0 Å². The highest BCUT2D eigenvalue weighted by atomic mass is 16.6. The second-order valence-electron chi connectivity index (χ2n) is 23.1. The van der Waals surface area contributed by atoms with Gasteiger partial charge in [0.2, 0.25) is 0 Å². The highest BCUT2D eigenvalue weighted by Crippen LogP contribution is 2.18. The molecule has 0 spiro atoms. The zero-order valence-electron chi connectivity index (χ0n) is 53.5. The minimum atomic E-state index is -0.800. The van der Waals surface area contributed by atoms with Crippen LogP contribution in [0.1, 0.15) is 342 Å².